The summed E-state index contributed by atoms with van der Waals surface area (Å²) in [6.07, 6.45) is -5.23. The molecule has 1 aromatic rings. The smallest absolute Gasteiger partial charge is 0.393 e. The lowest BCUT2D eigenvalue weighted by Crippen LogP contribution is -2.12. The number of halogens is 3. The minimum absolute atomic E-state index is 0.0253. The van der Waals surface area contributed by atoms with Crippen LogP contribution in [0.3, 0.4) is 0 Å². The molecule has 1 aromatic carbocycles. The number of benzene rings is 1. The summed E-state index contributed by atoms with van der Waals surface area (Å²) in [6.45, 7) is 0.0253. The average Bonchev–Trinajstić information content (AvgIpc) is 2.06. The van der Waals surface area contributed by atoms with Crippen molar-refractivity contribution in [2.45, 2.75) is 19.1 Å². The zero-order valence-corrected chi connectivity index (χ0v) is 7.30. The van der Waals surface area contributed by atoms with Crippen LogP contribution in [-0.4, -0.2) is 11.3 Å². The number of hydrogen-bond donors (Lipinski definition) is 2. The van der Waals surface area contributed by atoms with E-state index in [2.05, 4.69) is 0 Å². The average molecular weight is 205 g/mol. The van der Waals surface area contributed by atoms with Crippen molar-refractivity contribution in [2.75, 3.05) is 0 Å². The molecule has 0 bridgehead atoms. The molecule has 3 N–H and O–H groups in total. The SMILES string of the molecule is NCc1cc(CC(F)(F)F)ccc1O. The van der Waals surface area contributed by atoms with Gasteiger partial charge in [0.1, 0.15) is 5.75 Å². The van der Waals surface area contributed by atoms with Crippen molar-refractivity contribution in [1.29, 1.82) is 0 Å². The molecule has 0 aliphatic heterocycles. The van der Waals surface area contributed by atoms with Gasteiger partial charge in [-0.25, -0.2) is 0 Å². The molecule has 0 aliphatic rings. The maximum atomic E-state index is 12.0. The van der Waals surface area contributed by atoms with Crippen molar-refractivity contribution in [2.24, 2.45) is 5.73 Å². The van der Waals surface area contributed by atoms with Gasteiger partial charge in [-0.3, -0.25) is 0 Å². The Morgan fingerprint density at radius 3 is 2.43 bits per heavy atom. The van der Waals surface area contributed by atoms with Crippen molar-refractivity contribution in [3.63, 3.8) is 0 Å². The van der Waals surface area contributed by atoms with Crippen molar-refractivity contribution in [3.05, 3.63) is 29.3 Å². The van der Waals surface area contributed by atoms with Crippen molar-refractivity contribution in [3.8, 4) is 5.75 Å². The molecule has 0 amide bonds. The summed E-state index contributed by atoms with van der Waals surface area (Å²) >= 11 is 0. The number of alkyl halides is 3. The van der Waals surface area contributed by atoms with Crippen LogP contribution in [0.25, 0.3) is 0 Å². The molecule has 0 unspecified atom stereocenters. The van der Waals surface area contributed by atoms with E-state index in [4.69, 9.17) is 5.73 Å². The summed E-state index contributed by atoms with van der Waals surface area (Å²) in [4.78, 5) is 0. The number of nitrogens with two attached hydrogens (primary N) is 1. The fourth-order valence-corrected chi connectivity index (χ4v) is 1.14. The van der Waals surface area contributed by atoms with Crippen LogP contribution in [0.4, 0.5) is 13.2 Å². The third kappa shape index (κ3) is 2.92. The molecule has 0 aliphatic carbocycles. The first-order chi connectivity index (χ1) is 6.42. The fraction of sp³-hybridized carbons (Fsp3) is 0.333. The molecule has 1 rings (SSSR count). The Morgan fingerprint density at radius 1 is 1.29 bits per heavy atom. The summed E-state index contributed by atoms with van der Waals surface area (Å²) in [7, 11) is 0. The summed E-state index contributed by atoms with van der Waals surface area (Å²) in [5.74, 6) is -0.0709. The van der Waals surface area contributed by atoms with Gasteiger partial charge in [-0.2, -0.15) is 13.2 Å². The predicted octanol–water partition coefficient (Wildman–Crippen LogP) is 1.96. The molecular weight excluding hydrogens is 195 g/mol. The third-order valence-electron chi connectivity index (χ3n) is 1.77. The molecular formula is C9H10F3NO. The first kappa shape index (κ1) is 10.8. The molecule has 0 aromatic heterocycles. The molecule has 0 spiro atoms. The first-order valence-corrected chi connectivity index (χ1v) is 4.00. The summed E-state index contributed by atoms with van der Waals surface area (Å²) in [6, 6.07) is 3.73. The zero-order chi connectivity index (χ0) is 10.8. The lowest BCUT2D eigenvalue weighted by atomic mass is 10.1. The number of rotatable bonds is 2. The van der Waals surface area contributed by atoms with E-state index in [-0.39, 0.29) is 17.9 Å². The van der Waals surface area contributed by atoms with Crippen molar-refractivity contribution in [1.82, 2.24) is 0 Å². The monoisotopic (exact) mass is 205 g/mol. The van der Waals surface area contributed by atoms with Gasteiger partial charge in [-0.15, -0.1) is 0 Å². The van der Waals surface area contributed by atoms with Gasteiger partial charge < -0.3 is 10.8 Å². The van der Waals surface area contributed by atoms with Crippen molar-refractivity contribution < 1.29 is 18.3 Å². The number of aromatic hydroxyl groups is 1. The largest absolute Gasteiger partial charge is 0.508 e. The molecule has 0 radical (unpaired) electrons. The van der Waals surface area contributed by atoms with Gasteiger partial charge >= 0.3 is 6.18 Å². The van der Waals surface area contributed by atoms with E-state index >= 15 is 0 Å². The van der Waals surface area contributed by atoms with Gasteiger partial charge in [0.2, 0.25) is 0 Å². The highest BCUT2D eigenvalue weighted by atomic mass is 19.4. The normalized spacial score (nSPS) is 11.7. The molecule has 5 heteroatoms. The summed E-state index contributed by atoms with van der Waals surface area (Å²) in [5, 5.41) is 9.17. The Kier molecular flexibility index (Phi) is 3.00. The Hall–Kier alpha value is -1.23. The third-order valence-corrected chi connectivity index (χ3v) is 1.77. The zero-order valence-electron chi connectivity index (χ0n) is 7.30. The molecule has 78 valence electrons. The number of phenolic OH excluding ortho intramolecular Hbond substituents is 1. The van der Waals surface area contributed by atoms with E-state index in [1.54, 1.807) is 0 Å². The maximum absolute atomic E-state index is 12.0. The van der Waals surface area contributed by atoms with Crippen LogP contribution < -0.4 is 5.73 Å². The number of hydrogen-bond acceptors (Lipinski definition) is 2. The minimum atomic E-state index is -4.23. The van der Waals surface area contributed by atoms with Gasteiger partial charge in [0.15, 0.2) is 0 Å². The van der Waals surface area contributed by atoms with Crippen LogP contribution in [0.1, 0.15) is 11.1 Å². The van der Waals surface area contributed by atoms with Crippen molar-refractivity contribution >= 4 is 0 Å². The van der Waals surface area contributed by atoms with Gasteiger partial charge in [0.25, 0.3) is 0 Å². The Bertz CT molecular complexity index is 322. The second-order valence-electron chi connectivity index (χ2n) is 2.96. The van der Waals surface area contributed by atoms with Gasteiger partial charge in [0.05, 0.1) is 6.42 Å². The van der Waals surface area contributed by atoms with Crippen LogP contribution >= 0.6 is 0 Å². The fourth-order valence-electron chi connectivity index (χ4n) is 1.14. The highest BCUT2D eigenvalue weighted by Gasteiger charge is 2.27. The van der Waals surface area contributed by atoms with Gasteiger partial charge in [-0.05, 0) is 11.6 Å². The van der Waals surface area contributed by atoms with E-state index in [1.165, 1.54) is 18.2 Å². The Balaban J connectivity index is 2.90. The molecule has 0 fully saturated rings. The van der Waals surface area contributed by atoms with Crippen LogP contribution in [0, 0.1) is 0 Å². The van der Waals surface area contributed by atoms with Gasteiger partial charge in [0, 0.05) is 12.1 Å². The Labute approximate surface area is 79.2 Å². The van der Waals surface area contributed by atoms with E-state index < -0.39 is 12.6 Å². The standard InChI is InChI=1S/C9H10F3NO/c10-9(11,12)4-6-1-2-8(14)7(3-6)5-13/h1-3,14H,4-5,13H2. The topological polar surface area (TPSA) is 46.2 Å². The molecule has 0 saturated heterocycles. The number of phenols is 1. The van der Waals surface area contributed by atoms with Crippen LogP contribution in [0.15, 0.2) is 18.2 Å². The highest BCUT2D eigenvalue weighted by molar-refractivity contribution is 5.36. The maximum Gasteiger partial charge on any atom is 0.393 e. The van der Waals surface area contributed by atoms with E-state index in [9.17, 15) is 18.3 Å². The quantitative estimate of drug-likeness (QED) is 0.775. The summed E-state index contributed by atoms with van der Waals surface area (Å²) in [5.41, 5.74) is 5.67. The van der Waals surface area contributed by atoms with Gasteiger partial charge in [-0.1, -0.05) is 12.1 Å². The molecule has 0 saturated carbocycles. The lowest BCUT2D eigenvalue weighted by Gasteiger charge is -2.08. The molecule has 0 heterocycles. The highest BCUT2D eigenvalue weighted by Crippen LogP contribution is 2.24. The van der Waals surface area contributed by atoms with Crippen LogP contribution in [0.5, 0.6) is 5.75 Å². The predicted molar refractivity (Wildman–Crippen MR) is 45.8 cm³/mol. The van der Waals surface area contributed by atoms with E-state index in [1.807, 2.05) is 0 Å². The Morgan fingerprint density at radius 2 is 1.93 bits per heavy atom. The minimum Gasteiger partial charge on any atom is -0.508 e. The van der Waals surface area contributed by atoms with E-state index in [0.717, 1.165) is 0 Å². The first-order valence-electron chi connectivity index (χ1n) is 4.00. The van der Waals surface area contributed by atoms with Crippen LogP contribution in [-0.2, 0) is 13.0 Å². The lowest BCUT2D eigenvalue weighted by molar-refractivity contribution is -0.127. The second-order valence-corrected chi connectivity index (χ2v) is 2.96. The molecule has 2 nitrogen and oxygen atoms in total. The second kappa shape index (κ2) is 3.88. The summed E-state index contributed by atoms with van der Waals surface area (Å²) < 4.78 is 36.0. The molecule has 0 atom stereocenters. The molecule has 14 heavy (non-hydrogen) atoms. The van der Waals surface area contributed by atoms with E-state index in [0.29, 0.717) is 5.56 Å². The van der Waals surface area contributed by atoms with Crippen LogP contribution in [0.2, 0.25) is 0 Å².